The molecule has 186 valence electrons. The Hall–Kier alpha value is -3.68. The van der Waals surface area contributed by atoms with E-state index in [2.05, 4.69) is 10.3 Å². The van der Waals surface area contributed by atoms with Crippen LogP contribution < -0.4 is 5.32 Å². The van der Waals surface area contributed by atoms with Crippen LogP contribution in [0.1, 0.15) is 40.9 Å². The fraction of sp³-hybridized carbons (Fsp3) is 0.280. The molecule has 36 heavy (non-hydrogen) atoms. The van der Waals surface area contributed by atoms with Crippen molar-refractivity contribution >= 4 is 34.9 Å². The van der Waals surface area contributed by atoms with Gasteiger partial charge in [-0.15, -0.1) is 11.3 Å². The molecule has 1 aromatic heterocycles. The first kappa shape index (κ1) is 25.4. The monoisotopic (exact) mass is 528 g/mol. The van der Waals surface area contributed by atoms with Gasteiger partial charge < -0.3 is 20.1 Å². The fourth-order valence-electron chi connectivity index (χ4n) is 3.90. The van der Waals surface area contributed by atoms with E-state index in [1.807, 2.05) is 11.0 Å². The summed E-state index contributed by atoms with van der Waals surface area (Å²) in [5, 5.41) is 23.9. The highest BCUT2D eigenvalue weighted by atomic mass is 35.5. The summed E-state index contributed by atoms with van der Waals surface area (Å²) in [6, 6.07) is 11.2. The lowest BCUT2D eigenvalue weighted by molar-refractivity contribution is 0.0946. The average molecular weight is 529 g/mol. The van der Waals surface area contributed by atoms with Crippen molar-refractivity contribution in [1.82, 2.24) is 15.2 Å². The minimum atomic E-state index is -0.792. The molecular formula is C25H22ClFN4O4S. The largest absolute Gasteiger partial charge is 0.507 e. The van der Waals surface area contributed by atoms with E-state index in [0.29, 0.717) is 22.7 Å². The van der Waals surface area contributed by atoms with Crippen molar-refractivity contribution < 1.29 is 23.8 Å². The summed E-state index contributed by atoms with van der Waals surface area (Å²) < 4.78 is 19.2. The van der Waals surface area contributed by atoms with Crippen molar-refractivity contribution in [2.45, 2.75) is 31.8 Å². The zero-order chi connectivity index (χ0) is 25.7. The predicted molar refractivity (Wildman–Crippen MR) is 132 cm³/mol. The number of benzene rings is 2. The molecule has 2 aromatic carbocycles. The van der Waals surface area contributed by atoms with Gasteiger partial charge in [0.2, 0.25) is 0 Å². The molecule has 2 aliphatic heterocycles. The van der Waals surface area contributed by atoms with Crippen molar-refractivity contribution in [3.05, 3.63) is 69.4 Å². The molecular weight excluding hydrogens is 507 g/mol. The van der Waals surface area contributed by atoms with E-state index in [1.54, 1.807) is 24.3 Å². The Bertz CT molecular complexity index is 1310. The van der Waals surface area contributed by atoms with Crippen LogP contribution in [0.25, 0.3) is 10.6 Å². The van der Waals surface area contributed by atoms with E-state index in [1.165, 1.54) is 11.8 Å². The van der Waals surface area contributed by atoms with E-state index in [0.717, 1.165) is 48.4 Å². The van der Waals surface area contributed by atoms with Crippen molar-refractivity contribution in [3.63, 3.8) is 0 Å². The highest BCUT2D eigenvalue weighted by molar-refractivity contribution is 7.13. The van der Waals surface area contributed by atoms with Crippen molar-refractivity contribution in [2.24, 2.45) is 0 Å². The van der Waals surface area contributed by atoms with Gasteiger partial charge in [0.25, 0.3) is 5.91 Å². The third-order valence-electron chi connectivity index (χ3n) is 5.81. The Morgan fingerprint density at radius 3 is 2.81 bits per heavy atom. The molecule has 3 aromatic rings. The van der Waals surface area contributed by atoms with Gasteiger partial charge in [-0.05, 0) is 49.1 Å². The number of amides is 2. The summed E-state index contributed by atoms with van der Waals surface area (Å²) in [6.07, 6.45) is 3.42. The summed E-state index contributed by atoms with van der Waals surface area (Å²) in [5.41, 5.74) is 0.825. The molecule has 3 heterocycles. The van der Waals surface area contributed by atoms with Crippen molar-refractivity contribution in [1.29, 1.82) is 5.26 Å². The number of phenolic OH excluding ortho intramolecular Hbond substituents is 1. The summed E-state index contributed by atoms with van der Waals surface area (Å²) >= 11 is 6.90. The van der Waals surface area contributed by atoms with Crippen LogP contribution in [0.4, 0.5) is 9.18 Å². The number of halogens is 2. The zero-order valence-corrected chi connectivity index (χ0v) is 20.6. The van der Waals surface area contributed by atoms with Crippen LogP contribution in [-0.2, 0) is 11.3 Å². The highest BCUT2D eigenvalue weighted by Gasteiger charge is 2.34. The van der Waals surface area contributed by atoms with Crippen molar-refractivity contribution in [2.75, 3.05) is 13.2 Å². The predicted octanol–water partition coefficient (Wildman–Crippen LogP) is 5.10. The Morgan fingerprint density at radius 1 is 1.33 bits per heavy atom. The standard InChI is InChI=1S/C18H11ClFN3O2S.C7H11NO2/c19-11-3-1-10(2-4-11)8-22-17(25)13-6-16(24)14(5-15(13)20)18-23-12(7-21)9-26-18;9-7-8-4-2-1-3-6(8)5-10-7/h1-6,9,24H,8H2,(H,22,25);6H,1-5H2/t;6-/m.0/s1. The van der Waals surface area contributed by atoms with E-state index in [4.69, 9.17) is 21.6 Å². The molecule has 8 nitrogen and oxygen atoms in total. The lowest BCUT2D eigenvalue weighted by atomic mass is 10.0. The average Bonchev–Trinajstić information content (AvgIpc) is 3.52. The topological polar surface area (TPSA) is 116 Å². The molecule has 2 N–H and O–H groups in total. The van der Waals surface area contributed by atoms with Gasteiger partial charge in [-0.2, -0.15) is 5.26 Å². The van der Waals surface area contributed by atoms with Gasteiger partial charge in [0, 0.05) is 23.5 Å². The zero-order valence-electron chi connectivity index (χ0n) is 19.0. The normalized spacial score (nSPS) is 16.3. The maximum atomic E-state index is 14.4. The molecule has 11 heteroatoms. The minimum absolute atomic E-state index is 0.107. The number of nitrogens with one attached hydrogen (secondary N) is 1. The number of aromatic hydroxyl groups is 1. The summed E-state index contributed by atoms with van der Waals surface area (Å²) in [7, 11) is 0. The number of carbonyl (C=O) groups is 2. The number of nitriles is 1. The second kappa shape index (κ2) is 11.4. The van der Waals surface area contributed by atoms with Crippen LogP contribution in [0, 0.1) is 17.1 Å². The first-order valence-corrected chi connectivity index (χ1v) is 12.5. The quantitative estimate of drug-likeness (QED) is 0.486. The number of piperidine rings is 1. The molecule has 0 saturated carbocycles. The number of rotatable bonds is 4. The van der Waals surface area contributed by atoms with E-state index >= 15 is 0 Å². The summed E-state index contributed by atoms with van der Waals surface area (Å²) in [6.45, 7) is 1.72. The van der Waals surface area contributed by atoms with Gasteiger partial charge in [0.1, 0.15) is 29.3 Å². The first-order chi connectivity index (χ1) is 17.4. The molecule has 2 fully saturated rings. The number of ether oxygens (including phenoxy) is 1. The lowest BCUT2D eigenvalue weighted by Gasteiger charge is -2.25. The van der Waals surface area contributed by atoms with E-state index < -0.39 is 11.7 Å². The number of phenols is 1. The first-order valence-electron chi connectivity index (χ1n) is 11.2. The second-order valence-electron chi connectivity index (χ2n) is 8.23. The lowest BCUT2D eigenvalue weighted by Crippen LogP contribution is -2.37. The second-order valence-corrected chi connectivity index (χ2v) is 9.52. The third kappa shape index (κ3) is 5.93. The van der Waals surface area contributed by atoms with Crippen LogP contribution in [0.2, 0.25) is 5.02 Å². The molecule has 0 bridgehead atoms. The van der Waals surface area contributed by atoms with E-state index in [9.17, 15) is 19.1 Å². The van der Waals surface area contributed by atoms with Gasteiger partial charge in [0.15, 0.2) is 5.69 Å². The molecule has 0 aliphatic carbocycles. The summed E-state index contributed by atoms with van der Waals surface area (Å²) in [4.78, 5) is 29.0. The van der Waals surface area contributed by atoms with Crippen LogP contribution in [0.5, 0.6) is 5.75 Å². The maximum Gasteiger partial charge on any atom is 0.410 e. The van der Waals surface area contributed by atoms with E-state index in [-0.39, 0.29) is 35.2 Å². The number of carbonyl (C=O) groups excluding carboxylic acids is 2. The summed E-state index contributed by atoms with van der Waals surface area (Å²) in [5.74, 6) is -1.74. The molecule has 5 rings (SSSR count). The Balaban J connectivity index is 0.000000251. The molecule has 1 atom stereocenters. The molecule has 2 aliphatic rings. The van der Waals surface area contributed by atoms with Gasteiger partial charge in [0.05, 0.1) is 17.2 Å². The van der Waals surface area contributed by atoms with Crippen LogP contribution >= 0.6 is 22.9 Å². The number of aromatic nitrogens is 1. The Kier molecular flexibility index (Phi) is 8.03. The molecule has 0 unspecified atom stereocenters. The molecule has 2 saturated heterocycles. The number of fused-ring (bicyclic) bond motifs is 1. The molecule has 0 radical (unpaired) electrons. The van der Waals surface area contributed by atoms with Gasteiger partial charge in [-0.25, -0.2) is 14.2 Å². The SMILES string of the molecule is N#Cc1csc(-c2cc(F)c(C(=O)NCc3ccc(Cl)cc3)cc2O)n1.O=C1OC[C@@H]2CCCCN12. The van der Waals surface area contributed by atoms with Crippen LogP contribution in [0.3, 0.4) is 0 Å². The number of thiazole rings is 1. The third-order valence-corrected chi connectivity index (χ3v) is 6.93. The highest BCUT2D eigenvalue weighted by Crippen LogP contribution is 2.33. The Labute approximate surface area is 215 Å². The van der Waals surface area contributed by atoms with Gasteiger partial charge >= 0.3 is 6.09 Å². The fourth-order valence-corrected chi connectivity index (χ4v) is 4.80. The molecule has 0 spiro atoms. The smallest absolute Gasteiger partial charge is 0.410 e. The number of nitrogens with zero attached hydrogens (tertiary/aromatic N) is 3. The van der Waals surface area contributed by atoms with Crippen molar-refractivity contribution in [3.8, 4) is 22.4 Å². The molecule has 2 amide bonds. The van der Waals surface area contributed by atoms with Crippen LogP contribution in [0.15, 0.2) is 41.8 Å². The van der Waals surface area contributed by atoms with Crippen LogP contribution in [-0.4, -0.2) is 46.2 Å². The Morgan fingerprint density at radius 2 is 2.11 bits per heavy atom. The minimum Gasteiger partial charge on any atom is -0.507 e. The number of cyclic esters (lactones) is 1. The number of hydrogen-bond donors (Lipinski definition) is 2. The van der Waals surface area contributed by atoms with Gasteiger partial charge in [-0.3, -0.25) is 4.79 Å². The number of hydrogen-bond acceptors (Lipinski definition) is 7. The maximum absolute atomic E-state index is 14.4. The van der Waals surface area contributed by atoms with Gasteiger partial charge in [-0.1, -0.05) is 23.7 Å².